The molecule has 1 saturated carbocycles. The van der Waals surface area contributed by atoms with E-state index in [4.69, 9.17) is 10.3 Å². The van der Waals surface area contributed by atoms with Crippen molar-refractivity contribution in [3.05, 3.63) is 17.5 Å². The molecule has 0 radical (unpaired) electrons. The van der Waals surface area contributed by atoms with Crippen LogP contribution in [0.25, 0.3) is 0 Å². The van der Waals surface area contributed by atoms with Gasteiger partial charge in [0.2, 0.25) is 0 Å². The van der Waals surface area contributed by atoms with Crippen LogP contribution in [0.2, 0.25) is 0 Å². The maximum atomic E-state index is 5.47. The average Bonchev–Trinajstić information content (AvgIpc) is 2.35. The molecule has 0 saturated heterocycles. The van der Waals surface area contributed by atoms with E-state index in [1.165, 1.54) is 24.8 Å². The molecule has 1 aliphatic rings. The van der Waals surface area contributed by atoms with Crippen molar-refractivity contribution in [1.82, 2.24) is 5.16 Å². The van der Waals surface area contributed by atoms with Crippen LogP contribution in [0.4, 0.5) is 0 Å². The first-order valence-corrected chi connectivity index (χ1v) is 4.55. The minimum absolute atomic E-state index is 0.659. The third kappa shape index (κ3) is 1.25. The van der Waals surface area contributed by atoms with Crippen LogP contribution in [0.15, 0.2) is 10.8 Å². The second kappa shape index (κ2) is 3.27. The third-order valence-electron chi connectivity index (χ3n) is 2.60. The number of rotatable bonds is 3. The van der Waals surface area contributed by atoms with Crippen molar-refractivity contribution >= 4 is 0 Å². The molecule has 2 rings (SSSR count). The molecule has 0 aliphatic heterocycles. The highest BCUT2D eigenvalue weighted by Gasteiger charge is 2.24. The molecule has 1 heterocycles. The van der Waals surface area contributed by atoms with E-state index in [2.05, 4.69) is 5.16 Å². The van der Waals surface area contributed by atoms with Gasteiger partial charge in [0.15, 0.2) is 0 Å². The van der Waals surface area contributed by atoms with Crippen LogP contribution in [-0.4, -0.2) is 11.7 Å². The highest BCUT2D eigenvalue weighted by Crippen LogP contribution is 2.37. The van der Waals surface area contributed by atoms with Crippen LogP contribution in [0.1, 0.15) is 36.4 Å². The molecular formula is C9H14N2O. The van der Waals surface area contributed by atoms with Crippen molar-refractivity contribution in [3.63, 3.8) is 0 Å². The summed E-state index contributed by atoms with van der Waals surface area (Å²) in [6.45, 7) is 0.659. The van der Waals surface area contributed by atoms with Gasteiger partial charge in [-0.15, -0.1) is 0 Å². The highest BCUT2D eigenvalue weighted by molar-refractivity contribution is 5.22. The van der Waals surface area contributed by atoms with Gasteiger partial charge < -0.3 is 10.3 Å². The number of hydrogen-bond acceptors (Lipinski definition) is 3. The van der Waals surface area contributed by atoms with Crippen molar-refractivity contribution < 1.29 is 4.52 Å². The van der Waals surface area contributed by atoms with E-state index in [-0.39, 0.29) is 0 Å². The standard InChI is InChI=1S/C9H14N2O/c10-5-4-9-8(6-12-11-9)7-2-1-3-7/h6-7H,1-5,10H2. The average molecular weight is 166 g/mol. The Morgan fingerprint density at radius 3 is 3.00 bits per heavy atom. The van der Waals surface area contributed by atoms with Crippen LogP contribution in [-0.2, 0) is 6.42 Å². The lowest BCUT2D eigenvalue weighted by atomic mass is 9.80. The van der Waals surface area contributed by atoms with E-state index >= 15 is 0 Å². The first kappa shape index (κ1) is 7.80. The van der Waals surface area contributed by atoms with E-state index in [0.717, 1.165) is 12.1 Å². The summed E-state index contributed by atoms with van der Waals surface area (Å²) in [5, 5.41) is 3.95. The summed E-state index contributed by atoms with van der Waals surface area (Å²) in [5.74, 6) is 0.706. The highest BCUT2D eigenvalue weighted by atomic mass is 16.5. The number of aromatic nitrogens is 1. The molecule has 1 aliphatic carbocycles. The van der Waals surface area contributed by atoms with Gasteiger partial charge in [-0.05, 0) is 25.3 Å². The Balaban J connectivity index is 2.12. The molecule has 0 spiro atoms. The van der Waals surface area contributed by atoms with Gasteiger partial charge in [-0.1, -0.05) is 11.6 Å². The van der Waals surface area contributed by atoms with E-state index in [1.807, 2.05) is 0 Å². The van der Waals surface area contributed by atoms with Crippen molar-refractivity contribution in [1.29, 1.82) is 0 Å². The van der Waals surface area contributed by atoms with Gasteiger partial charge in [-0.2, -0.15) is 0 Å². The van der Waals surface area contributed by atoms with Crippen molar-refractivity contribution in [3.8, 4) is 0 Å². The molecule has 0 atom stereocenters. The monoisotopic (exact) mass is 166 g/mol. The topological polar surface area (TPSA) is 52.0 Å². The normalized spacial score (nSPS) is 17.8. The summed E-state index contributed by atoms with van der Waals surface area (Å²) < 4.78 is 4.95. The quantitative estimate of drug-likeness (QED) is 0.739. The van der Waals surface area contributed by atoms with E-state index < -0.39 is 0 Å². The van der Waals surface area contributed by atoms with E-state index in [9.17, 15) is 0 Å². The minimum Gasteiger partial charge on any atom is -0.364 e. The predicted octanol–water partition coefficient (Wildman–Crippen LogP) is 1.44. The molecule has 0 amide bonds. The van der Waals surface area contributed by atoms with Crippen molar-refractivity contribution in [2.45, 2.75) is 31.6 Å². The van der Waals surface area contributed by atoms with Crippen LogP contribution in [0.5, 0.6) is 0 Å². The summed E-state index contributed by atoms with van der Waals surface area (Å²) in [6.07, 6.45) is 6.56. The summed E-state index contributed by atoms with van der Waals surface area (Å²) in [4.78, 5) is 0. The van der Waals surface area contributed by atoms with Crippen LogP contribution in [0.3, 0.4) is 0 Å². The lowest BCUT2D eigenvalue weighted by Crippen LogP contribution is -2.12. The summed E-state index contributed by atoms with van der Waals surface area (Å²) in [5.41, 5.74) is 7.84. The molecule has 2 N–H and O–H groups in total. The second-order valence-electron chi connectivity index (χ2n) is 3.38. The number of nitrogens with zero attached hydrogens (tertiary/aromatic N) is 1. The Morgan fingerprint density at radius 2 is 2.42 bits per heavy atom. The number of hydrogen-bond donors (Lipinski definition) is 1. The molecule has 3 heteroatoms. The fraction of sp³-hybridized carbons (Fsp3) is 0.667. The zero-order chi connectivity index (χ0) is 8.39. The van der Waals surface area contributed by atoms with E-state index in [1.54, 1.807) is 6.26 Å². The maximum Gasteiger partial charge on any atom is 0.127 e. The second-order valence-corrected chi connectivity index (χ2v) is 3.38. The summed E-state index contributed by atoms with van der Waals surface area (Å²) in [7, 11) is 0. The van der Waals surface area contributed by atoms with E-state index in [0.29, 0.717) is 12.5 Å². The van der Waals surface area contributed by atoms with Gasteiger partial charge in [0.25, 0.3) is 0 Å². The minimum atomic E-state index is 0.659. The summed E-state index contributed by atoms with van der Waals surface area (Å²) in [6, 6.07) is 0. The molecule has 0 unspecified atom stereocenters. The van der Waals surface area contributed by atoms with Crippen LogP contribution < -0.4 is 5.73 Å². The predicted molar refractivity (Wildman–Crippen MR) is 45.9 cm³/mol. The molecule has 3 nitrogen and oxygen atoms in total. The van der Waals surface area contributed by atoms with Gasteiger partial charge in [0.1, 0.15) is 6.26 Å². The Morgan fingerprint density at radius 1 is 1.58 bits per heavy atom. The first-order valence-electron chi connectivity index (χ1n) is 4.55. The largest absolute Gasteiger partial charge is 0.364 e. The molecule has 1 aromatic rings. The SMILES string of the molecule is NCCc1nocc1C1CCC1. The number of nitrogens with two attached hydrogens (primary N) is 1. The van der Waals surface area contributed by atoms with Crippen molar-refractivity contribution in [2.75, 3.05) is 6.54 Å². The molecule has 0 bridgehead atoms. The van der Waals surface area contributed by atoms with Gasteiger partial charge in [-0.25, -0.2) is 0 Å². The fourth-order valence-corrected chi connectivity index (χ4v) is 1.65. The molecular weight excluding hydrogens is 152 g/mol. The fourth-order valence-electron chi connectivity index (χ4n) is 1.65. The Kier molecular flexibility index (Phi) is 2.13. The molecule has 1 aromatic heterocycles. The third-order valence-corrected chi connectivity index (χ3v) is 2.60. The molecule has 12 heavy (non-hydrogen) atoms. The Bertz CT molecular complexity index is 253. The molecule has 0 aromatic carbocycles. The Hall–Kier alpha value is -0.830. The van der Waals surface area contributed by atoms with Gasteiger partial charge in [0.05, 0.1) is 5.69 Å². The zero-order valence-corrected chi connectivity index (χ0v) is 7.12. The first-order chi connectivity index (χ1) is 5.92. The zero-order valence-electron chi connectivity index (χ0n) is 7.12. The summed E-state index contributed by atoms with van der Waals surface area (Å²) >= 11 is 0. The van der Waals surface area contributed by atoms with Crippen LogP contribution >= 0.6 is 0 Å². The lowest BCUT2D eigenvalue weighted by molar-refractivity contribution is 0.400. The molecule has 1 fully saturated rings. The van der Waals surface area contributed by atoms with Crippen molar-refractivity contribution in [2.24, 2.45) is 5.73 Å². The molecule has 66 valence electrons. The Labute approximate surface area is 71.9 Å². The smallest absolute Gasteiger partial charge is 0.127 e. The van der Waals surface area contributed by atoms with Gasteiger partial charge in [-0.3, -0.25) is 0 Å². The maximum absolute atomic E-state index is 5.47. The van der Waals surface area contributed by atoms with Crippen LogP contribution in [0, 0.1) is 0 Å². The lowest BCUT2D eigenvalue weighted by Gasteiger charge is -2.24. The van der Waals surface area contributed by atoms with Gasteiger partial charge >= 0.3 is 0 Å². The van der Waals surface area contributed by atoms with Gasteiger partial charge in [0, 0.05) is 12.0 Å².